The minimum atomic E-state index is 0.723. The van der Waals surface area contributed by atoms with Gasteiger partial charge in [0.1, 0.15) is 0 Å². The van der Waals surface area contributed by atoms with Crippen LogP contribution in [-0.4, -0.2) is 0 Å². The highest BCUT2D eigenvalue weighted by molar-refractivity contribution is 4.98. The molecule has 2 aliphatic rings. The van der Waals surface area contributed by atoms with E-state index in [2.05, 4.69) is 13.8 Å². The van der Waals surface area contributed by atoms with E-state index in [1.165, 1.54) is 25.7 Å². The third-order valence-electron chi connectivity index (χ3n) is 3.45. The molecule has 9 heavy (non-hydrogen) atoms. The van der Waals surface area contributed by atoms with Gasteiger partial charge in [0.15, 0.2) is 0 Å². The zero-order chi connectivity index (χ0) is 6.48. The van der Waals surface area contributed by atoms with Crippen LogP contribution in [0.5, 0.6) is 0 Å². The van der Waals surface area contributed by atoms with Crippen LogP contribution in [0.15, 0.2) is 0 Å². The molecule has 0 bridgehead atoms. The first-order chi connectivity index (χ1) is 4.20. The second-order valence-corrected chi connectivity index (χ2v) is 4.49. The molecule has 0 spiro atoms. The van der Waals surface area contributed by atoms with Gasteiger partial charge in [-0.05, 0) is 30.1 Å². The van der Waals surface area contributed by atoms with Gasteiger partial charge in [-0.2, -0.15) is 0 Å². The molecule has 2 atom stereocenters. The van der Waals surface area contributed by atoms with Crippen LogP contribution in [0.3, 0.4) is 0 Å². The van der Waals surface area contributed by atoms with Crippen molar-refractivity contribution in [3.8, 4) is 0 Å². The zero-order valence-electron chi connectivity index (χ0n) is 6.48. The molecule has 0 aromatic heterocycles. The molecule has 52 valence electrons. The average Bonchev–Trinajstić information content (AvgIpc) is 2.10. The Kier molecular flexibility index (Phi) is 0.980. The van der Waals surface area contributed by atoms with Crippen LogP contribution in [0.2, 0.25) is 0 Å². The van der Waals surface area contributed by atoms with Gasteiger partial charge in [0, 0.05) is 0 Å². The largest absolute Gasteiger partial charge is 0.0596 e. The molecule has 0 aliphatic heterocycles. The maximum Gasteiger partial charge on any atom is -0.0321 e. The Morgan fingerprint density at radius 1 is 1.22 bits per heavy atom. The third-order valence-corrected chi connectivity index (χ3v) is 3.45. The van der Waals surface area contributed by atoms with Gasteiger partial charge in [-0.3, -0.25) is 0 Å². The standard InChI is InChI=1S/C9H16/c1-9(2)6-7-4-3-5-8(7)9/h7-8H,3-6H2,1-2H3. The van der Waals surface area contributed by atoms with Crippen molar-refractivity contribution in [3.05, 3.63) is 0 Å². The second-order valence-electron chi connectivity index (χ2n) is 4.49. The minimum absolute atomic E-state index is 0.723. The lowest BCUT2D eigenvalue weighted by atomic mass is 9.57. The third kappa shape index (κ3) is 0.653. The summed E-state index contributed by atoms with van der Waals surface area (Å²) in [5.74, 6) is 2.25. The topological polar surface area (TPSA) is 0 Å². The van der Waals surface area contributed by atoms with E-state index in [1.54, 1.807) is 0 Å². The van der Waals surface area contributed by atoms with Crippen molar-refractivity contribution in [2.75, 3.05) is 0 Å². The van der Waals surface area contributed by atoms with E-state index in [0.29, 0.717) is 0 Å². The van der Waals surface area contributed by atoms with E-state index in [9.17, 15) is 0 Å². The van der Waals surface area contributed by atoms with Crippen LogP contribution in [-0.2, 0) is 0 Å². The van der Waals surface area contributed by atoms with Gasteiger partial charge in [-0.25, -0.2) is 0 Å². The first kappa shape index (κ1) is 5.76. The summed E-state index contributed by atoms with van der Waals surface area (Å²) in [6.07, 6.45) is 6.09. The summed E-state index contributed by atoms with van der Waals surface area (Å²) in [5.41, 5.74) is 0.723. The van der Waals surface area contributed by atoms with Crippen molar-refractivity contribution >= 4 is 0 Å². The Morgan fingerprint density at radius 3 is 2.44 bits per heavy atom. The molecule has 2 unspecified atom stereocenters. The van der Waals surface area contributed by atoms with Gasteiger partial charge in [0.05, 0.1) is 0 Å². The summed E-state index contributed by atoms with van der Waals surface area (Å²) in [4.78, 5) is 0. The number of fused-ring (bicyclic) bond motifs is 1. The van der Waals surface area contributed by atoms with E-state index in [4.69, 9.17) is 0 Å². The molecule has 2 aliphatic carbocycles. The maximum atomic E-state index is 2.43. The predicted octanol–water partition coefficient (Wildman–Crippen LogP) is 2.83. The summed E-state index contributed by atoms with van der Waals surface area (Å²) in [6.45, 7) is 4.86. The number of hydrogen-bond donors (Lipinski definition) is 0. The summed E-state index contributed by atoms with van der Waals surface area (Å²) < 4.78 is 0. The molecular weight excluding hydrogens is 108 g/mol. The van der Waals surface area contributed by atoms with Crippen LogP contribution < -0.4 is 0 Å². The Hall–Kier alpha value is 0. The molecule has 0 radical (unpaired) electrons. The number of rotatable bonds is 0. The molecule has 0 heterocycles. The predicted molar refractivity (Wildman–Crippen MR) is 39.2 cm³/mol. The van der Waals surface area contributed by atoms with Gasteiger partial charge in [-0.1, -0.05) is 26.7 Å². The molecular formula is C9H16. The molecule has 2 rings (SSSR count). The van der Waals surface area contributed by atoms with Gasteiger partial charge in [0.25, 0.3) is 0 Å². The average molecular weight is 124 g/mol. The lowest BCUT2D eigenvalue weighted by Crippen LogP contribution is -2.40. The van der Waals surface area contributed by atoms with Gasteiger partial charge < -0.3 is 0 Å². The Balaban J connectivity index is 2.09. The fourth-order valence-corrected chi connectivity index (χ4v) is 2.98. The van der Waals surface area contributed by atoms with Crippen molar-refractivity contribution in [2.24, 2.45) is 17.3 Å². The maximum absolute atomic E-state index is 2.43. The molecule has 0 aromatic carbocycles. The van der Waals surface area contributed by atoms with E-state index < -0.39 is 0 Å². The molecule has 0 aromatic rings. The van der Waals surface area contributed by atoms with Gasteiger partial charge >= 0.3 is 0 Å². The van der Waals surface area contributed by atoms with E-state index in [1.807, 2.05) is 0 Å². The summed E-state index contributed by atoms with van der Waals surface area (Å²) in [6, 6.07) is 0. The Bertz CT molecular complexity index is 124. The molecule has 0 N–H and O–H groups in total. The minimum Gasteiger partial charge on any atom is -0.0596 e. The van der Waals surface area contributed by atoms with Crippen LogP contribution >= 0.6 is 0 Å². The smallest absolute Gasteiger partial charge is 0.0321 e. The fraction of sp³-hybridized carbons (Fsp3) is 1.00. The quantitative estimate of drug-likeness (QED) is 0.466. The highest BCUT2D eigenvalue weighted by Crippen LogP contribution is 2.58. The summed E-state index contributed by atoms with van der Waals surface area (Å²) >= 11 is 0. The SMILES string of the molecule is CC1(C)CC2CCCC21. The van der Waals surface area contributed by atoms with Gasteiger partial charge in [-0.15, -0.1) is 0 Å². The molecule has 0 amide bonds. The van der Waals surface area contributed by atoms with Crippen LogP contribution in [0.4, 0.5) is 0 Å². The molecule has 0 nitrogen and oxygen atoms in total. The van der Waals surface area contributed by atoms with Crippen LogP contribution in [0, 0.1) is 17.3 Å². The van der Waals surface area contributed by atoms with Crippen molar-refractivity contribution in [3.63, 3.8) is 0 Å². The summed E-state index contributed by atoms with van der Waals surface area (Å²) in [5, 5.41) is 0. The molecule has 0 heteroatoms. The van der Waals surface area contributed by atoms with E-state index in [-0.39, 0.29) is 0 Å². The molecule has 0 saturated heterocycles. The second kappa shape index (κ2) is 1.53. The first-order valence-corrected chi connectivity index (χ1v) is 4.20. The van der Waals surface area contributed by atoms with Crippen LogP contribution in [0.25, 0.3) is 0 Å². The number of hydrogen-bond acceptors (Lipinski definition) is 0. The van der Waals surface area contributed by atoms with Crippen molar-refractivity contribution in [1.82, 2.24) is 0 Å². The zero-order valence-corrected chi connectivity index (χ0v) is 6.48. The first-order valence-electron chi connectivity index (χ1n) is 4.20. The van der Waals surface area contributed by atoms with E-state index >= 15 is 0 Å². The van der Waals surface area contributed by atoms with Crippen LogP contribution in [0.1, 0.15) is 39.5 Å². The van der Waals surface area contributed by atoms with Gasteiger partial charge in [0.2, 0.25) is 0 Å². The highest BCUT2D eigenvalue weighted by atomic mass is 14.5. The molecule has 2 fully saturated rings. The van der Waals surface area contributed by atoms with Crippen molar-refractivity contribution in [2.45, 2.75) is 39.5 Å². The van der Waals surface area contributed by atoms with E-state index in [0.717, 1.165) is 17.3 Å². The lowest BCUT2D eigenvalue weighted by molar-refractivity contribution is 0.0149. The Morgan fingerprint density at radius 2 is 2.00 bits per heavy atom. The summed E-state index contributed by atoms with van der Waals surface area (Å²) in [7, 11) is 0. The monoisotopic (exact) mass is 124 g/mol. The lowest BCUT2D eigenvalue weighted by Gasteiger charge is -2.48. The van der Waals surface area contributed by atoms with Crippen molar-refractivity contribution < 1.29 is 0 Å². The van der Waals surface area contributed by atoms with Crippen molar-refractivity contribution in [1.29, 1.82) is 0 Å². The Labute approximate surface area is 57.6 Å². The fourth-order valence-electron chi connectivity index (χ4n) is 2.98. The highest BCUT2D eigenvalue weighted by Gasteiger charge is 2.48. The normalized spacial score (nSPS) is 46.0. The molecule has 2 saturated carbocycles.